The average molecular weight is 323 g/mol. The fraction of sp³-hybridized carbons (Fsp3) is 0. The zero-order valence-electron chi connectivity index (χ0n) is 10.6. The minimum atomic E-state index is -4.01. The molecule has 0 bridgehead atoms. The predicted octanol–water partition coefficient (Wildman–Crippen LogP) is 2.82. The Morgan fingerprint density at radius 2 is 2.00 bits per heavy atom. The van der Waals surface area contributed by atoms with Gasteiger partial charge in [-0.25, -0.2) is 17.8 Å². The Bertz CT molecular complexity index is 922. The second-order valence-electron chi connectivity index (χ2n) is 4.33. The zero-order valence-corrected chi connectivity index (χ0v) is 12.2. The van der Waals surface area contributed by atoms with Crippen molar-refractivity contribution in [3.63, 3.8) is 0 Å². The summed E-state index contributed by atoms with van der Waals surface area (Å²) < 4.78 is 41.3. The lowest BCUT2D eigenvalue weighted by molar-refractivity contribution is 0.571. The van der Waals surface area contributed by atoms with Gasteiger partial charge in [0.15, 0.2) is 0 Å². The van der Waals surface area contributed by atoms with E-state index in [2.05, 4.69) is 9.71 Å². The fourth-order valence-electron chi connectivity index (χ4n) is 1.86. The molecule has 2 aromatic carbocycles. The van der Waals surface area contributed by atoms with Crippen LogP contribution in [0.15, 0.2) is 46.8 Å². The van der Waals surface area contributed by atoms with E-state index in [1.54, 1.807) is 23.7 Å². The van der Waals surface area contributed by atoms with Gasteiger partial charge in [0.2, 0.25) is 0 Å². The molecule has 21 heavy (non-hydrogen) atoms. The third-order valence-corrected chi connectivity index (χ3v) is 5.04. The summed E-state index contributed by atoms with van der Waals surface area (Å²) in [6, 6.07) is 8.38. The number of sulfonamides is 1. The quantitative estimate of drug-likeness (QED) is 0.726. The highest BCUT2D eigenvalue weighted by Crippen LogP contribution is 2.25. The molecule has 0 radical (unpaired) electrons. The van der Waals surface area contributed by atoms with Crippen molar-refractivity contribution in [1.29, 1.82) is 0 Å². The van der Waals surface area contributed by atoms with E-state index in [4.69, 9.17) is 5.73 Å². The summed E-state index contributed by atoms with van der Waals surface area (Å²) in [5.74, 6) is -0.888. The van der Waals surface area contributed by atoms with Gasteiger partial charge in [0.25, 0.3) is 10.0 Å². The summed E-state index contributed by atoms with van der Waals surface area (Å²) in [6.07, 6.45) is 0. The molecule has 8 heteroatoms. The summed E-state index contributed by atoms with van der Waals surface area (Å²) in [5, 5.41) is 0. The maximum atomic E-state index is 13.7. The van der Waals surface area contributed by atoms with E-state index in [1.807, 2.05) is 0 Å². The van der Waals surface area contributed by atoms with E-state index < -0.39 is 20.7 Å². The first-order valence-corrected chi connectivity index (χ1v) is 8.23. The number of aromatic nitrogens is 1. The molecule has 5 nitrogen and oxygen atoms in total. The number of nitrogens with one attached hydrogen (secondary N) is 1. The van der Waals surface area contributed by atoms with Gasteiger partial charge in [-0.3, -0.25) is 4.72 Å². The first-order valence-electron chi connectivity index (χ1n) is 5.87. The first kappa shape index (κ1) is 13.8. The molecule has 3 N–H and O–H groups in total. The van der Waals surface area contributed by atoms with Crippen LogP contribution in [0.25, 0.3) is 10.2 Å². The van der Waals surface area contributed by atoms with Crippen molar-refractivity contribution in [2.24, 2.45) is 0 Å². The van der Waals surface area contributed by atoms with Crippen LogP contribution in [-0.2, 0) is 10.0 Å². The highest BCUT2D eigenvalue weighted by atomic mass is 32.2. The summed E-state index contributed by atoms with van der Waals surface area (Å²) in [6.45, 7) is 0. The smallest absolute Gasteiger partial charge is 0.264 e. The highest BCUT2D eigenvalue weighted by molar-refractivity contribution is 7.92. The number of fused-ring (bicyclic) bond motifs is 1. The van der Waals surface area contributed by atoms with Gasteiger partial charge < -0.3 is 5.73 Å². The molecule has 0 saturated heterocycles. The van der Waals surface area contributed by atoms with Gasteiger partial charge in [0, 0.05) is 5.69 Å². The van der Waals surface area contributed by atoms with E-state index in [-0.39, 0.29) is 5.69 Å². The van der Waals surface area contributed by atoms with E-state index in [0.29, 0.717) is 5.69 Å². The molecule has 0 aliphatic carbocycles. The largest absolute Gasteiger partial charge is 0.399 e. The van der Waals surface area contributed by atoms with Gasteiger partial charge in [0.1, 0.15) is 10.7 Å². The lowest BCUT2D eigenvalue weighted by Crippen LogP contribution is -2.14. The van der Waals surface area contributed by atoms with Gasteiger partial charge in [-0.1, -0.05) is 0 Å². The zero-order chi connectivity index (χ0) is 15.0. The molecule has 0 spiro atoms. The Kier molecular flexibility index (Phi) is 3.26. The van der Waals surface area contributed by atoms with Gasteiger partial charge >= 0.3 is 0 Å². The normalized spacial score (nSPS) is 11.7. The first-order chi connectivity index (χ1) is 9.95. The molecule has 3 aromatic rings. The average Bonchev–Trinajstić information content (AvgIpc) is 2.85. The Morgan fingerprint density at radius 1 is 1.19 bits per heavy atom. The lowest BCUT2D eigenvalue weighted by Gasteiger charge is -2.09. The van der Waals surface area contributed by atoms with Crippen molar-refractivity contribution in [3.8, 4) is 0 Å². The number of nitrogens with two attached hydrogens (primary N) is 1. The third kappa shape index (κ3) is 2.67. The van der Waals surface area contributed by atoms with Crippen LogP contribution in [0.4, 0.5) is 15.8 Å². The van der Waals surface area contributed by atoms with E-state index in [9.17, 15) is 12.8 Å². The van der Waals surface area contributed by atoms with Crippen molar-refractivity contribution < 1.29 is 12.8 Å². The van der Waals surface area contributed by atoms with Crippen LogP contribution in [0.1, 0.15) is 0 Å². The van der Waals surface area contributed by atoms with Crippen LogP contribution in [-0.4, -0.2) is 13.4 Å². The molecule has 0 unspecified atom stereocenters. The van der Waals surface area contributed by atoms with Crippen LogP contribution in [0.5, 0.6) is 0 Å². The van der Waals surface area contributed by atoms with Crippen LogP contribution in [0.3, 0.4) is 0 Å². The fourth-order valence-corrected chi connectivity index (χ4v) is 3.69. The van der Waals surface area contributed by atoms with Crippen molar-refractivity contribution in [1.82, 2.24) is 4.98 Å². The van der Waals surface area contributed by atoms with Crippen molar-refractivity contribution in [3.05, 3.63) is 47.7 Å². The standard InChI is InChI=1S/C13H10FN3O2S2/c14-10-5-8(15)1-4-13(10)21(18,19)17-9-2-3-11-12(6-9)20-7-16-11/h1-7,17H,15H2. The minimum absolute atomic E-state index is 0.164. The number of anilines is 2. The summed E-state index contributed by atoms with van der Waals surface area (Å²) >= 11 is 1.39. The molecule has 0 fully saturated rings. The van der Waals surface area contributed by atoms with Crippen molar-refractivity contribution >= 4 is 43.0 Å². The number of benzene rings is 2. The van der Waals surface area contributed by atoms with Crippen molar-refractivity contribution in [2.75, 3.05) is 10.5 Å². The van der Waals surface area contributed by atoms with Crippen molar-refractivity contribution in [2.45, 2.75) is 4.90 Å². The maximum Gasteiger partial charge on any atom is 0.264 e. The molecule has 0 amide bonds. The Labute approximate surface area is 124 Å². The summed E-state index contributed by atoms with van der Waals surface area (Å²) in [7, 11) is -4.01. The highest BCUT2D eigenvalue weighted by Gasteiger charge is 2.19. The number of nitrogen functional groups attached to an aromatic ring is 1. The number of hydrogen-bond acceptors (Lipinski definition) is 5. The minimum Gasteiger partial charge on any atom is -0.399 e. The molecule has 1 heterocycles. The van der Waals surface area contributed by atoms with Crippen LogP contribution in [0.2, 0.25) is 0 Å². The SMILES string of the molecule is Nc1ccc(S(=O)(=O)Nc2ccc3ncsc3c2)c(F)c1. The van der Waals surface area contributed by atoms with Gasteiger partial charge in [-0.2, -0.15) is 0 Å². The van der Waals surface area contributed by atoms with Gasteiger partial charge in [-0.05, 0) is 36.4 Å². The molecular formula is C13H10FN3O2S2. The molecule has 0 saturated carbocycles. The Hall–Kier alpha value is -2.19. The maximum absolute atomic E-state index is 13.7. The number of thiazole rings is 1. The number of rotatable bonds is 3. The Morgan fingerprint density at radius 3 is 2.76 bits per heavy atom. The molecule has 0 aliphatic heterocycles. The molecule has 0 aliphatic rings. The van der Waals surface area contributed by atoms with E-state index >= 15 is 0 Å². The molecule has 0 atom stereocenters. The number of nitrogens with zero attached hydrogens (tertiary/aromatic N) is 1. The van der Waals surface area contributed by atoms with Gasteiger partial charge in [0.05, 0.1) is 21.4 Å². The van der Waals surface area contributed by atoms with Crippen LogP contribution < -0.4 is 10.5 Å². The summed E-state index contributed by atoms with van der Waals surface area (Å²) in [4.78, 5) is 3.66. The van der Waals surface area contributed by atoms with Gasteiger partial charge in [-0.15, -0.1) is 11.3 Å². The summed E-state index contributed by atoms with van der Waals surface area (Å²) in [5.41, 5.74) is 8.38. The molecule has 1 aromatic heterocycles. The third-order valence-electron chi connectivity index (χ3n) is 2.83. The molecule has 3 rings (SSSR count). The lowest BCUT2D eigenvalue weighted by atomic mass is 10.3. The van der Waals surface area contributed by atoms with E-state index in [1.165, 1.54) is 17.4 Å². The second-order valence-corrected chi connectivity index (χ2v) is 6.87. The predicted molar refractivity (Wildman–Crippen MR) is 81.2 cm³/mol. The Balaban J connectivity index is 1.98. The second kappa shape index (κ2) is 4.97. The number of hydrogen-bond donors (Lipinski definition) is 2. The van der Waals surface area contributed by atoms with Crippen LogP contribution in [0, 0.1) is 5.82 Å². The number of halogens is 1. The topological polar surface area (TPSA) is 85.1 Å². The molecular weight excluding hydrogens is 313 g/mol. The monoisotopic (exact) mass is 323 g/mol. The van der Waals surface area contributed by atoms with E-state index in [0.717, 1.165) is 22.3 Å². The van der Waals surface area contributed by atoms with Crippen LogP contribution >= 0.6 is 11.3 Å². The molecule has 108 valence electrons.